The van der Waals surface area contributed by atoms with Crippen molar-refractivity contribution in [3.63, 3.8) is 0 Å². The Hall–Kier alpha value is -0.400. The second-order valence-corrected chi connectivity index (χ2v) is 7.52. The maximum Gasteiger partial charge on any atom is 0.395 e. The SMILES string of the molecule is CC(C)(C[C@H](c1ccc(Br)cc1)C(F)(F)F)S(N)=O. The summed E-state index contributed by atoms with van der Waals surface area (Å²) in [4.78, 5) is 0. The fourth-order valence-electron chi connectivity index (χ4n) is 1.69. The highest BCUT2D eigenvalue weighted by atomic mass is 79.9. The molecule has 0 aliphatic carbocycles. The quantitative estimate of drug-likeness (QED) is 0.872. The first-order chi connectivity index (χ1) is 8.54. The van der Waals surface area contributed by atoms with Gasteiger partial charge >= 0.3 is 6.18 Å². The van der Waals surface area contributed by atoms with Crippen LogP contribution in [0.4, 0.5) is 13.2 Å². The van der Waals surface area contributed by atoms with Crippen molar-refractivity contribution in [1.82, 2.24) is 0 Å². The van der Waals surface area contributed by atoms with Crippen molar-refractivity contribution in [1.29, 1.82) is 0 Å². The Morgan fingerprint density at radius 3 is 2.11 bits per heavy atom. The van der Waals surface area contributed by atoms with Gasteiger partial charge < -0.3 is 0 Å². The number of hydrogen-bond acceptors (Lipinski definition) is 1. The van der Waals surface area contributed by atoms with Crippen LogP contribution in [0.2, 0.25) is 0 Å². The van der Waals surface area contributed by atoms with E-state index in [-0.39, 0.29) is 12.0 Å². The summed E-state index contributed by atoms with van der Waals surface area (Å²) in [6.45, 7) is 2.95. The van der Waals surface area contributed by atoms with Crippen molar-refractivity contribution >= 4 is 26.9 Å². The first-order valence-electron chi connectivity index (χ1n) is 5.52. The fourth-order valence-corrected chi connectivity index (χ4v) is 2.29. The molecule has 2 nitrogen and oxygen atoms in total. The molecule has 0 saturated carbocycles. The van der Waals surface area contributed by atoms with Gasteiger partial charge in [0.05, 0.1) is 21.7 Å². The lowest BCUT2D eigenvalue weighted by atomic mass is 9.89. The molecular formula is C12H15BrF3NOS. The van der Waals surface area contributed by atoms with Crippen LogP contribution in [0.25, 0.3) is 0 Å². The van der Waals surface area contributed by atoms with E-state index in [1.165, 1.54) is 26.0 Å². The van der Waals surface area contributed by atoms with Gasteiger partial charge in [0.2, 0.25) is 0 Å². The molecule has 19 heavy (non-hydrogen) atoms. The van der Waals surface area contributed by atoms with Gasteiger partial charge in [-0.3, -0.25) is 5.14 Å². The van der Waals surface area contributed by atoms with Crippen LogP contribution in [0.5, 0.6) is 0 Å². The predicted molar refractivity (Wildman–Crippen MR) is 74.0 cm³/mol. The molecule has 2 N–H and O–H groups in total. The van der Waals surface area contributed by atoms with Crippen molar-refractivity contribution < 1.29 is 17.4 Å². The molecule has 0 aliphatic heterocycles. The summed E-state index contributed by atoms with van der Waals surface area (Å²) in [5.74, 6) is -1.68. The number of hydrogen-bond donors (Lipinski definition) is 1. The van der Waals surface area contributed by atoms with Crippen molar-refractivity contribution in [3.05, 3.63) is 34.3 Å². The standard InChI is InChI=1S/C12H15BrF3NOS/c1-11(2,19(17)18)7-10(12(14,15)16)8-3-5-9(13)6-4-8/h3-6,10H,7,17H2,1-2H3/t10-,19?/m1/s1. The number of halogens is 4. The Kier molecular flexibility index (Phi) is 5.20. The van der Waals surface area contributed by atoms with Gasteiger partial charge in [0, 0.05) is 4.47 Å². The normalized spacial score (nSPS) is 16.2. The first-order valence-corrected chi connectivity index (χ1v) is 7.53. The monoisotopic (exact) mass is 357 g/mol. The van der Waals surface area contributed by atoms with Gasteiger partial charge in [0.1, 0.15) is 0 Å². The molecular weight excluding hydrogens is 343 g/mol. The molecule has 2 atom stereocenters. The average molecular weight is 358 g/mol. The number of rotatable bonds is 4. The van der Waals surface area contributed by atoms with Crippen LogP contribution in [0.1, 0.15) is 31.7 Å². The van der Waals surface area contributed by atoms with Gasteiger partial charge in [0.15, 0.2) is 0 Å². The third-order valence-electron chi connectivity index (χ3n) is 2.91. The van der Waals surface area contributed by atoms with E-state index in [4.69, 9.17) is 5.14 Å². The van der Waals surface area contributed by atoms with Gasteiger partial charge in [-0.1, -0.05) is 28.1 Å². The van der Waals surface area contributed by atoms with Crippen molar-refractivity contribution in [2.45, 2.75) is 37.1 Å². The van der Waals surface area contributed by atoms with Gasteiger partial charge in [-0.25, -0.2) is 4.21 Å². The Balaban J connectivity index is 3.10. The topological polar surface area (TPSA) is 43.1 Å². The summed E-state index contributed by atoms with van der Waals surface area (Å²) in [5.41, 5.74) is 0.147. The second kappa shape index (κ2) is 5.93. The lowest BCUT2D eigenvalue weighted by molar-refractivity contribution is -0.153. The molecule has 0 amide bonds. The summed E-state index contributed by atoms with van der Waals surface area (Å²) in [5, 5.41) is 5.26. The maximum atomic E-state index is 13.1. The lowest BCUT2D eigenvalue weighted by Crippen LogP contribution is -2.37. The molecule has 0 aromatic heterocycles. The lowest BCUT2D eigenvalue weighted by Gasteiger charge is -2.29. The Bertz CT molecular complexity index is 459. The molecule has 1 unspecified atom stereocenters. The zero-order chi connectivity index (χ0) is 14.8. The zero-order valence-electron chi connectivity index (χ0n) is 10.5. The summed E-state index contributed by atoms with van der Waals surface area (Å²) >= 11 is 3.18. The highest BCUT2D eigenvalue weighted by Crippen LogP contribution is 2.41. The van der Waals surface area contributed by atoms with Crippen LogP contribution in [0.15, 0.2) is 28.7 Å². The molecule has 1 rings (SSSR count). The van der Waals surface area contributed by atoms with E-state index in [1.54, 1.807) is 12.1 Å². The highest BCUT2D eigenvalue weighted by Gasteiger charge is 2.44. The van der Waals surface area contributed by atoms with E-state index >= 15 is 0 Å². The van der Waals surface area contributed by atoms with Crippen molar-refractivity contribution in [2.75, 3.05) is 0 Å². The largest absolute Gasteiger partial charge is 0.395 e. The highest BCUT2D eigenvalue weighted by molar-refractivity contribution is 9.10. The summed E-state index contributed by atoms with van der Waals surface area (Å²) in [6.07, 6.45) is -4.72. The molecule has 7 heteroatoms. The zero-order valence-corrected chi connectivity index (χ0v) is 12.9. The Morgan fingerprint density at radius 1 is 1.26 bits per heavy atom. The Morgan fingerprint density at radius 2 is 1.74 bits per heavy atom. The van der Waals surface area contributed by atoms with Crippen LogP contribution < -0.4 is 5.14 Å². The molecule has 1 aromatic rings. The first kappa shape index (κ1) is 16.7. The average Bonchev–Trinajstić information content (AvgIpc) is 2.26. The van der Waals surface area contributed by atoms with Crippen LogP contribution in [0, 0.1) is 0 Å². The van der Waals surface area contributed by atoms with E-state index in [9.17, 15) is 17.4 Å². The van der Waals surface area contributed by atoms with E-state index in [0.717, 1.165) is 0 Å². The van der Waals surface area contributed by atoms with E-state index in [2.05, 4.69) is 15.9 Å². The molecule has 108 valence electrons. The molecule has 0 aliphatic rings. The fraction of sp³-hybridized carbons (Fsp3) is 0.500. The summed E-state index contributed by atoms with van der Waals surface area (Å²) < 4.78 is 50.4. The second-order valence-electron chi connectivity index (χ2n) is 4.91. The molecule has 0 heterocycles. The minimum Gasteiger partial charge on any atom is -0.251 e. The maximum absolute atomic E-state index is 13.1. The third kappa shape index (κ3) is 4.57. The molecule has 1 aromatic carbocycles. The third-order valence-corrected chi connectivity index (χ3v) is 4.69. The van der Waals surface area contributed by atoms with Gasteiger partial charge in [-0.05, 0) is 38.0 Å². The van der Waals surface area contributed by atoms with E-state index < -0.39 is 27.8 Å². The van der Waals surface area contributed by atoms with Gasteiger partial charge in [0.25, 0.3) is 0 Å². The molecule has 0 bridgehead atoms. The Labute approximate surface area is 121 Å². The molecule has 0 radical (unpaired) electrons. The molecule has 0 fully saturated rings. The van der Waals surface area contributed by atoms with Gasteiger partial charge in [-0.15, -0.1) is 0 Å². The minimum atomic E-state index is -4.40. The van der Waals surface area contributed by atoms with Crippen LogP contribution in [-0.4, -0.2) is 15.1 Å². The summed E-state index contributed by atoms with van der Waals surface area (Å²) in [6, 6.07) is 5.94. The van der Waals surface area contributed by atoms with Crippen LogP contribution >= 0.6 is 15.9 Å². The smallest absolute Gasteiger partial charge is 0.251 e. The number of nitrogens with two attached hydrogens (primary N) is 1. The summed E-state index contributed by atoms with van der Waals surface area (Å²) in [7, 11) is -1.82. The molecule has 0 saturated heterocycles. The minimum absolute atomic E-state index is 0.147. The molecule has 0 spiro atoms. The number of benzene rings is 1. The number of alkyl halides is 3. The van der Waals surface area contributed by atoms with Crippen molar-refractivity contribution in [2.24, 2.45) is 5.14 Å². The van der Waals surface area contributed by atoms with Gasteiger partial charge in [-0.2, -0.15) is 13.2 Å². The van der Waals surface area contributed by atoms with E-state index in [0.29, 0.717) is 4.47 Å². The predicted octanol–water partition coefficient (Wildman–Crippen LogP) is 3.89. The van der Waals surface area contributed by atoms with Crippen LogP contribution in [-0.2, 0) is 11.0 Å². The van der Waals surface area contributed by atoms with Crippen molar-refractivity contribution in [3.8, 4) is 0 Å². The van der Waals surface area contributed by atoms with E-state index in [1.807, 2.05) is 0 Å². The van der Waals surface area contributed by atoms with Crippen LogP contribution in [0.3, 0.4) is 0 Å².